The Hall–Kier alpha value is -0.130. The van der Waals surface area contributed by atoms with Crippen molar-refractivity contribution in [3.05, 3.63) is 0 Å². The first-order chi connectivity index (χ1) is 6.58. The fourth-order valence-corrected chi connectivity index (χ4v) is 2.09. The molecule has 1 heterocycles. The lowest BCUT2D eigenvalue weighted by molar-refractivity contribution is 0.289. The summed E-state index contributed by atoms with van der Waals surface area (Å²) in [4.78, 5) is 0. The van der Waals surface area contributed by atoms with Gasteiger partial charge in [0.2, 0.25) is 0 Å². The zero-order valence-corrected chi connectivity index (χ0v) is 9.48. The van der Waals surface area contributed by atoms with Gasteiger partial charge in [-0.1, -0.05) is 12.8 Å². The van der Waals surface area contributed by atoms with Crippen LogP contribution in [0.4, 0.5) is 0 Å². The maximum atomic E-state index is 10.7. The van der Waals surface area contributed by atoms with Gasteiger partial charge < -0.3 is 5.32 Å². The van der Waals surface area contributed by atoms with Crippen molar-refractivity contribution in [1.82, 2.24) is 5.32 Å². The van der Waals surface area contributed by atoms with Crippen molar-refractivity contribution < 1.29 is 12.6 Å². The van der Waals surface area contributed by atoms with Gasteiger partial charge in [-0.25, -0.2) is 0 Å². The highest BCUT2D eigenvalue weighted by molar-refractivity contribution is 7.85. The van der Waals surface area contributed by atoms with Gasteiger partial charge in [-0.2, -0.15) is 8.42 Å². The largest absolute Gasteiger partial charge is 0.314 e. The predicted octanol–water partition coefficient (Wildman–Crippen LogP) is 0.885. The standard InChI is InChI=1S/C9H19NO3S/c1-14(11,12)13-8-6-9-5-3-2-4-7-10-9/h9-10H,2-8H2,1H3. The number of hydrogen-bond acceptors (Lipinski definition) is 4. The molecule has 0 saturated carbocycles. The van der Waals surface area contributed by atoms with E-state index in [1.165, 1.54) is 19.3 Å². The van der Waals surface area contributed by atoms with Gasteiger partial charge in [-0.05, 0) is 25.8 Å². The van der Waals surface area contributed by atoms with Crippen molar-refractivity contribution >= 4 is 10.1 Å². The quantitative estimate of drug-likeness (QED) is 0.716. The van der Waals surface area contributed by atoms with Gasteiger partial charge in [0.1, 0.15) is 0 Å². The van der Waals surface area contributed by atoms with E-state index in [-0.39, 0.29) is 0 Å². The molecule has 1 N–H and O–H groups in total. The van der Waals surface area contributed by atoms with Gasteiger partial charge in [-0.3, -0.25) is 4.18 Å². The molecule has 0 spiro atoms. The lowest BCUT2D eigenvalue weighted by Crippen LogP contribution is -2.29. The second-order valence-corrected chi connectivity index (χ2v) is 5.46. The Morgan fingerprint density at radius 2 is 2.14 bits per heavy atom. The van der Waals surface area contributed by atoms with Crippen LogP contribution < -0.4 is 5.32 Å². The molecular weight excluding hydrogens is 202 g/mol. The molecule has 0 aromatic rings. The van der Waals surface area contributed by atoms with Crippen molar-refractivity contribution in [2.45, 2.75) is 38.1 Å². The maximum Gasteiger partial charge on any atom is 0.264 e. The molecule has 1 aliphatic rings. The first-order valence-corrected chi connectivity index (χ1v) is 6.97. The fourth-order valence-electron chi connectivity index (χ4n) is 1.69. The van der Waals surface area contributed by atoms with E-state index >= 15 is 0 Å². The van der Waals surface area contributed by atoms with Crippen LogP contribution in [0.3, 0.4) is 0 Å². The third-order valence-electron chi connectivity index (χ3n) is 2.43. The number of hydrogen-bond donors (Lipinski definition) is 1. The van der Waals surface area contributed by atoms with Crippen LogP contribution in [-0.4, -0.2) is 33.9 Å². The molecular formula is C9H19NO3S. The van der Waals surface area contributed by atoms with Crippen LogP contribution >= 0.6 is 0 Å². The zero-order chi connectivity index (χ0) is 10.4. The lowest BCUT2D eigenvalue weighted by atomic mass is 10.1. The summed E-state index contributed by atoms with van der Waals surface area (Å²) < 4.78 is 26.1. The van der Waals surface area contributed by atoms with Gasteiger partial charge in [0, 0.05) is 6.04 Å². The van der Waals surface area contributed by atoms with Gasteiger partial charge >= 0.3 is 0 Å². The molecule has 1 fully saturated rings. The molecule has 0 aliphatic carbocycles. The molecule has 4 nitrogen and oxygen atoms in total. The molecule has 0 radical (unpaired) electrons. The Labute approximate surface area is 86.2 Å². The molecule has 1 saturated heterocycles. The predicted molar refractivity (Wildman–Crippen MR) is 55.7 cm³/mol. The lowest BCUT2D eigenvalue weighted by Gasteiger charge is -2.14. The van der Waals surface area contributed by atoms with E-state index in [4.69, 9.17) is 4.18 Å². The molecule has 1 atom stereocenters. The Morgan fingerprint density at radius 3 is 2.86 bits per heavy atom. The molecule has 84 valence electrons. The smallest absolute Gasteiger partial charge is 0.264 e. The third-order valence-corrected chi connectivity index (χ3v) is 3.02. The van der Waals surface area contributed by atoms with Crippen LogP contribution in [0.15, 0.2) is 0 Å². The molecule has 0 amide bonds. The Morgan fingerprint density at radius 1 is 1.36 bits per heavy atom. The molecule has 1 unspecified atom stereocenters. The van der Waals surface area contributed by atoms with Crippen LogP contribution in [0.1, 0.15) is 32.1 Å². The van der Waals surface area contributed by atoms with E-state index in [0.29, 0.717) is 12.6 Å². The summed E-state index contributed by atoms with van der Waals surface area (Å²) in [5.74, 6) is 0. The van der Waals surface area contributed by atoms with Crippen LogP contribution in [0.25, 0.3) is 0 Å². The van der Waals surface area contributed by atoms with E-state index in [1.807, 2.05) is 0 Å². The third kappa shape index (κ3) is 5.57. The average molecular weight is 221 g/mol. The van der Waals surface area contributed by atoms with Crippen molar-refractivity contribution in [1.29, 1.82) is 0 Å². The molecule has 0 bridgehead atoms. The van der Waals surface area contributed by atoms with Gasteiger partial charge in [0.05, 0.1) is 12.9 Å². The van der Waals surface area contributed by atoms with Crippen LogP contribution in [0.2, 0.25) is 0 Å². The summed E-state index contributed by atoms with van der Waals surface area (Å²) in [6.45, 7) is 1.35. The van der Waals surface area contributed by atoms with Crippen molar-refractivity contribution in [3.63, 3.8) is 0 Å². The molecule has 0 aromatic heterocycles. The minimum absolute atomic E-state index is 0.302. The summed E-state index contributed by atoms with van der Waals surface area (Å²) in [7, 11) is -3.26. The topological polar surface area (TPSA) is 55.4 Å². The second-order valence-electron chi connectivity index (χ2n) is 3.82. The number of rotatable bonds is 4. The first-order valence-electron chi connectivity index (χ1n) is 5.16. The van der Waals surface area contributed by atoms with Gasteiger partial charge in [0.15, 0.2) is 0 Å². The van der Waals surface area contributed by atoms with Crippen molar-refractivity contribution in [3.8, 4) is 0 Å². The number of nitrogens with one attached hydrogen (secondary N) is 1. The fraction of sp³-hybridized carbons (Fsp3) is 1.00. The average Bonchev–Trinajstić information content (AvgIpc) is 2.30. The van der Waals surface area contributed by atoms with E-state index in [2.05, 4.69) is 5.32 Å². The Balaban J connectivity index is 2.16. The minimum atomic E-state index is -3.26. The van der Waals surface area contributed by atoms with Crippen molar-refractivity contribution in [2.24, 2.45) is 0 Å². The first kappa shape index (κ1) is 11.9. The van der Waals surface area contributed by atoms with Crippen LogP contribution in [0.5, 0.6) is 0 Å². The van der Waals surface area contributed by atoms with Gasteiger partial charge in [-0.15, -0.1) is 0 Å². The SMILES string of the molecule is CS(=O)(=O)OCCC1CCCCCN1. The highest BCUT2D eigenvalue weighted by Crippen LogP contribution is 2.11. The second kappa shape index (κ2) is 5.68. The monoisotopic (exact) mass is 221 g/mol. The Bertz CT molecular complexity index is 243. The molecule has 0 aromatic carbocycles. The zero-order valence-electron chi connectivity index (χ0n) is 8.66. The van der Waals surface area contributed by atoms with E-state index in [9.17, 15) is 8.42 Å². The van der Waals surface area contributed by atoms with Crippen molar-refractivity contribution in [2.75, 3.05) is 19.4 Å². The Kier molecular flexibility index (Phi) is 4.84. The summed E-state index contributed by atoms with van der Waals surface area (Å²) in [5, 5.41) is 3.39. The van der Waals surface area contributed by atoms with Crippen LogP contribution in [0, 0.1) is 0 Å². The highest BCUT2D eigenvalue weighted by Gasteiger charge is 2.12. The molecule has 5 heteroatoms. The van der Waals surface area contributed by atoms with Crippen LogP contribution in [-0.2, 0) is 14.3 Å². The summed E-state index contributed by atoms with van der Waals surface area (Å²) in [6, 6.07) is 0.430. The highest BCUT2D eigenvalue weighted by atomic mass is 32.2. The summed E-state index contributed by atoms with van der Waals surface area (Å²) >= 11 is 0. The summed E-state index contributed by atoms with van der Waals surface area (Å²) in [5.41, 5.74) is 0. The minimum Gasteiger partial charge on any atom is -0.314 e. The maximum absolute atomic E-state index is 10.7. The van der Waals surface area contributed by atoms with Gasteiger partial charge in [0.25, 0.3) is 10.1 Å². The molecule has 1 rings (SSSR count). The van der Waals surface area contributed by atoms with E-state index < -0.39 is 10.1 Å². The van der Waals surface area contributed by atoms with E-state index in [0.717, 1.165) is 25.6 Å². The van der Waals surface area contributed by atoms with E-state index in [1.54, 1.807) is 0 Å². The molecule has 1 aliphatic heterocycles. The normalized spacial score (nSPS) is 24.5. The molecule has 14 heavy (non-hydrogen) atoms. The summed E-state index contributed by atoms with van der Waals surface area (Å²) in [6.07, 6.45) is 6.74.